The summed E-state index contributed by atoms with van der Waals surface area (Å²) in [6, 6.07) is 16.1. The summed E-state index contributed by atoms with van der Waals surface area (Å²) >= 11 is 3.25. The molecule has 18 heavy (non-hydrogen) atoms. The number of hydrogen-bond acceptors (Lipinski definition) is 3. The van der Waals surface area contributed by atoms with Gasteiger partial charge in [-0.05, 0) is 30.5 Å². The molecule has 0 spiro atoms. The number of nitrogens with two attached hydrogens (primary N) is 1. The average molecular weight is 274 g/mol. The molecule has 0 bridgehead atoms. The van der Waals surface area contributed by atoms with E-state index < -0.39 is 0 Å². The predicted molar refractivity (Wildman–Crippen MR) is 79.8 cm³/mol. The highest BCUT2D eigenvalue weighted by molar-refractivity contribution is 8.00. The van der Waals surface area contributed by atoms with Crippen molar-refractivity contribution in [3.8, 4) is 0 Å². The van der Waals surface area contributed by atoms with Gasteiger partial charge in [0.15, 0.2) is 0 Å². The Morgan fingerprint density at radius 3 is 2.28 bits per heavy atom. The first-order valence-electron chi connectivity index (χ1n) is 5.46. The molecule has 0 radical (unpaired) electrons. The Morgan fingerprint density at radius 2 is 1.67 bits per heavy atom. The van der Waals surface area contributed by atoms with Crippen LogP contribution >= 0.6 is 23.5 Å². The molecule has 0 fully saturated rings. The highest BCUT2D eigenvalue weighted by Crippen LogP contribution is 2.34. The third-order valence-corrected chi connectivity index (χ3v) is 4.30. The summed E-state index contributed by atoms with van der Waals surface area (Å²) < 4.78 is 0. The van der Waals surface area contributed by atoms with Gasteiger partial charge in [0, 0.05) is 20.2 Å². The van der Waals surface area contributed by atoms with Crippen LogP contribution in [0.5, 0.6) is 0 Å². The van der Waals surface area contributed by atoms with Gasteiger partial charge in [0.25, 0.3) is 0 Å². The zero-order valence-corrected chi connectivity index (χ0v) is 11.6. The minimum Gasteiger partial charge on any atom is -0.384 e. The molecule has 2 nitrogen and oxygen atoms in total. The van der Waals surface area contributed by atoms with Crippen molar-refractivity contribution in [1.82, 2.24) is 0 Å². The highest BCUT2D eigenvalue weighted by Gasteiger charge is 2.11. The molecule has 0 saturated carbocycles. The first-order valence-corrected chi connectivity index (χ1v) is 7.51. The zero-order chi connectivity index (χ0) is 13.0. The minimum absolute atomic E-state index is 0.124. The van der Waals surface area contributed by atoms with Crippen LogP contribution in [-0.2, 0) is 0 Å². The second-order valence-corrected chi connectivity index (χ2v) is 5.63. The van der Waals surface area contributed by atoms with Crippen molar-refractivity contribution in [2.75, 3.05) is 6.26 Å². The van der Waals surface area contributed by atoms with Crippen molar-refractivity contribution < 1.29 is 0 Å². The normalized spacial score (nSPS) is 10.3. The summed E-state index contributed by atoms with van der Waals surface area (Å²) in [6.45, 7) is 0. The van der Waals surface area contributed by atoms with E-state index in [1.807, 2.05) is 42.7 Å². The van der Waals surface area contributed by atoms with Gasteiger partial charge in [0.2, 0.25) is 0 Å². The van der Waals surface area contributed by atoms with E-state index in [9.17, 15) is 0 Å². The maximum absolute atomic E-state index is 7.74. The maximum Gasteiger partial charge on any atom is 0.125 e. The first kappa shape index (κ1) is 13.1. The second-order valence-electron chi connectivity index (χ2n) is 3.66. The van der Waals surface area contributed by atoms with Crippen LogP contribution in [0.4, 0.5) is 0 Å². The van der Waals surface area contributed by atoms with E-state index in [2.05, 4.69) is 12.1 Å². The summed E-state index contributed by atoms with van der Waals surface area (Å²) in [5.74, 6) is 0.124. The molecule has 0 aromatic heterocycles. The lowest BCUT2D eigenvalue weighted by molar-refractivity contribution is 1.25. The number of rotatable bonds is 4. The first-order chi connectivity index (χ1) is 8.72. The molecule has 2 aromatic carbocycles. The SMILES string of the molecule is CSc1cccc(Sc2ccccc2)c1C(=N)N. The molecule has 0 aliphatic carbocycles. The molecule has 0 unspecified atom stereocenters. The third-order valence-electron chi connectivity index (χ3n) is 2.45. The molecule has 2 rings (SSSR count). The molecule has 0 aliphatic heterocycles. The molecular weight excluding hydrogens is 260 g/mol. The van der Waals surface area contributed by atoms with Crippen LogP contribution in [0.25, 0.3) is 0 Å². The Hall–Kier alpha value is -1.39. The number of hydrogen-bond donors (Lipinski definition) is 2. The van der Waals surface area contributed by atoms with Crippen molar-refractivity contribution >= 4 is 29.4 Å². The number of benzene rings is 2. The number of nitrogen functional groups attached to an aromatic ring is 1. The fourth-order valence-electron chi connectivity index (χ4n) is 1.65. The average Bonchev–Trinajstić information content (AvgIpc) is 2.39. The topological polar surface area (TPSA) is 49.9 Å². The molecular formula is C14H14N2S2. The van der Waals surface area contributed by atoms with Gasteiger partial charge in [-0.25, -0.2) is 0 Å². The van der Waals surface area contributed by atoms with E-state index in [0.29, 0.717) is 0 Å². The predicted octanol–water partition coefficient (Wildman–Crippen LogP) is 3.84. The maximum atomic E-state index is 7.74. The summed E-state index contributed by atoms with van der Waals surface area (Å²) in [5.41, 5.74) is 6.53. The van der Waals surface area contributed by atoms with E-state index in [1.54, 1.807) is 23.5 Å². The molecule has 2 aromatic rings. The molecule has 3 N–H and O–H groups in total. The smallest absolute Gasteiger partial charge is 0.125 e. The van der Waals surface area contributed by atoms with E-state index in [1.165, 1.54) is 0 Å². The Balaban J connectivity index is 2.42. The molecule has 92 valence electrons. The minimum atomic E-state index is 0.124. The lowest BCUT2D eigenvalue weighted by atomic mass is 10.2. The lowest BCUT2D eigenvalue weighted by Gasteiger charge is -2.11. The third kappa shape index (κ3) is 2.89. The Morgan fingerprint density at radius 1 is 1.00 bits per heavy atom. The Kier molecular flexibility index (Phi) is 4.33. The van der Waals surface area contributed by atoms with Crippen LogP contribution in [0.1, 0.15) is 5.56 Å². The molecule has 4 heteroatoms. The summed E-state index contributed by atoms with van der Waals surface area (Å²) in [5, 5.41) is 7.74. The standard InChI is InChI=1S/C14H14N2S2/c1-17-11-8-5-9-12(13(11)14(15)16)18-10-6-3-2-4-7-10/h2-9H,1H3,(H3,15,16). The molecule has 0 atom stereocenters. The lowest BCUT2D eigenvalue weighted by Crippen LogP contribution is -2.13. The summed E-state index contributed by atoms with van der Waals surface area (Å²) in [7, 11) is 0. The van der Waals surface area contributed by atoms with E-state index in [0.717, 1.165) is 20.2 Å². The van der Waals surface area contributed by atoms with Crippen molar-refractivity contribution in [1.29, 1.82) is 5.41 Å². The highest BCUT2D eigenvalue weighted by atomic mass is 32.2. The van der Waals surface area contributed by atoms with Crippen molar-refractivity contribution in [3.63, 3.8) is 0 Å². The van der Waals surface area contributed by atoms with E-state index >= 15 is 0 Å². The van der Waals surface area contributed by atoms with Gasteiger partial charge in [-0.3, -0.25) is 5.41 Å². The second kappa shape index (κ2) is 5.98. The van der Waals surface area contributed by atoms with Gasteiger partial charge in [0.05, 0.1) is 0 Å². The van der Waals surface area contributed by atoms with E-state index in [4.69, 9.17) is 11.1 Å². The monoisotopic (exact) mass is 274 g/mol. The van der Waals surface area contributed by atoms with Crippen molar-refractivity contribution in [2.24, 2.45) is 5.73 Å². The number of amidine groups is 1. The number of nitrogens with one attached hydrogen (secondary N) is 1. The van der Waals surface area contributed by atoms with Gasteiger partial charge in [-0.2, -0.15) is 0 Å². The molecule has 0 aliphatic rings. The fraction of sp³-hybridized carbons (Fsp3) is 0.0714. The molecule has 0 saturated heterocycles. The van der Waals surface area contributed by atoms with Gasteiger partial charge in [-0.15, -0.1) is 11.8 Å². The van der Waals surface area contributed by atoms with Crippen LogP contribution < -0.4 is 5.73 Å². The van der Waals surface area contributed by atoms with Crippen LogP contribution in [0.2, 0.25) is 0 Å². The van der Waals surface area contributed by atoms with Gasteiger partial charge >= 0.3 is 0 Å². The fourth-order valence-corrected chi connectivity index (χ4v) is 3.37. The summed E-state index contributed by atoms with van der Waals surface area (Å²) in [4.78, 5) is 3.22. The van der Waals surface area contributed by atoms with Gasteiger partial charge in [-0.1, -0.05) is 36.0 Å². The van der Waals surface area contributed by atoms with Gasteiger partial charge < -0.3 is 5.73 Å². The van der Waals surface area contributed by atoms with Crippen molar-refractivity contribution in [3.05, 3.63) is 54.1 Å². The van der Waals surface area contributed by atoms with Crippen molar-refractivity contribution in [2.45, 2.75) is 14.7 Å². The molecule has 0 heterocycles. The summed E-state index contributed by atoms with van der Waals surface area (Å²) in [6.07, 6.45) is 2.00. The Labute approximate surface area is 115 Å². The van der Waals surface area contributed by atoms with Crippen LogP contribution in [0.3, 0.4) is 0 Å². The van der Waals surface area contributed by atoms with Gasteiger partial charge in [0.1, 0.15) is 5.84 Å². The Bertz CT molecular complexity index is 553. The van der Waals surface area contributed by atoms with E-state index in [-0.39, 0.29) is 5.84 Å². The quantitative estimate of drug-likeness (QED) is 0.506. The largest absolute Gasteiger partial charge is 0.384 e. The molecule has 0 amide bonds. The van der Waals surface area contributed by atoms with Crippen LogP contribution in [0, 0.1) is 5.41 Å². The zero-order valence-electron chi connectivity index (χ0n) is 10.0. The number of thioether (sulfide) groups is 1. The van der Waals surface area contributed by atoms with Crippen LogP contribution in [-0.4, -0.2) is 12.1 Å². The van der Waals surface area contributed by atoms with Crippen LogP contribution in [0.15, 0.2) is 63.2 Å².